The lowest BCUT2D eigenvalue weighted by molar-refractivity contribution is -0.00000276. The first-order chi connectivity index (χ1) is 6.88. The number of benzene rings is 1. The van der Waals surface area contributed by atoms with Crippen LogP contribution in [0.5, 0.6) is 0 Å². The topological polar surface area (TPSA) is 24.9 Å². The van der Waals surface area contributed by atoms with Crippen LogP contribution in [0, 0.1) is 0 Å². The summed E-state index contributed by atoms with van der Waals surface area (Å²) < 4.78 is 0. The molecule has 2 rings (SSSR count). The van der Waals surface area contributed by atoms with Gasteiger partial charge in [-0.25, -0.2) is 4.98 Å². The highest BCUT2D eigenvalue weighted by atomic mass is 35.5. The quantitative estimate of drug-likeness (QED) is 0.819. The van der Waals surface area contributed by atoms with Gasteiger partial charge < -0.3 is 17.7 Å². The summed E-state index contributed by atoms with van der Waals surface area (Å²) in [7, 11) is 0. The zero-order chi connectivity index (χ0) is 9.80. The molecule has 0 aliphatic heterocycles. The Balaban J connectivity index is 0.00000112. The molecule has 0 saturated carbocycles. The summed E-state index contributed by atoms with van der Waals surface area (Å²) in [5, 5.41) is 6.05. The predicted molar refractivity (Wildman–Crippen MR) is 61.4 cm³/mol. The third-order valence-electron chi connectivity index (χ3n) is 1.71. The predicted octanol–water partition coefficient (Wildman–Crippen LogP) is 0.630. The second kappa shape index (κ2) is 5.95. The highest BCUT2D eigenvalue weighted by Gasteiger charge is 2.00. The molecule has 1 aromatic heterocycles. The second-order valence-electron chi connectivity index (χ2n) is 2.77. The molecule has 0 fully saturated rings. The van der Waals surface area contributed by atoms with E-state index in [1.807, 2.05) is 35.7 Å². The van der Waals surface area contributed by atoms with Gasteiger partial charge in [0.1, 0.15) is 0 Å². The van der Waals surface area contributed by atoms with Crippen molar-refractivity contribution in [1.29, 1.82) is 0 Å². The number of halogens is 2. The fourth-order valence-corrected chi connectivity index (χ4v) is 2.03. The van der Waals surface area contributed by atoms with Crippen LogP contribution in [-0.4, -0.2) is 4.98 Å². The summed E-state index contributed by atoms with van der Waals surface area (Å²) in [6, 6.07) is 9.96. The Hall–Kier alpha value is -0.770. The number of nitrogens with one attached hydrogen (secondary N) is 1. The first-order valence-electron chi connectivity index (χ1n) is 4.21. The molecule has 80 valence electrons. The van der Waals surface area contributed by atoms with E-state index in [0.29, 0.717) is 5.88 Å². The van der Waals surface area contributed by atoms with Crippen LogP contribution in [0.1, 0.15) is 5.69 Å². The molecule has 0 bridgehead atoms. The number of nitrogens with zero attached hydrogens (tertiary/aromatic N) is 1. The molecule has 1 N–H and O–H groups in total. The van der Waals surface area contributed by atoms with E-state index in [1.54, 1.807) is 11.3 Å². The molecule has 0 aliphatic carbocycles. The molecular formula is C10H9Cl2N2S-. The number of alkyl halides is 1. The Morgan fingerprint density at radius 2 is 2.00 bits per heavy atom. The van der Waals surface area contributed by atoms with Crippen molar-refractivity contribution in [2.75, 3.05) is 5.32 Å². The van der Waals surface area contributed by atoms with Gasteiger partial charge >= 0.3 is 0 Å². The normalized spacial score (nSPS) is 9.40. The van der Waals surface area contributed by atoms with Crippen LogP contribution in [0.2, 0.25) is 0 Å². The van der Waals surface area contributed by atoms with Crippen molar-refractivity contribution in [2.45, 2.75) is 5.88 Å². The average Bonchev–Trinajstić information content (AvgIpc) is 2.67. The smallest absolute Gasteiger partial charge is 0.187 e. The Labute approximate surface area is 104 Å². The van der Waals surface area contributed by atoms with Crippen LogP contribution in [0.25, 0.3) is 0 Å². The fraction of sp³-hybridized carbons (Fsp3) is 0.100. The zero-order valence-corrected chi connectivity index (χ0v) is 10.1. The summed E-state index contributed by atoms with van der Waals surface area (Å²) in [5.41, 5.74) is 1.96. The van der Waals surface area contributed by atoms with E-state index < -0.39 is 0 Å². The van der Waals surface area contributed by atoms with E-state index in [2.05, 4.69) is 10.3 Å². The maximum atomic E-state index is 5.66. The molecule has 0 aliphatic rings. The molecule has 0 atom stereocenters. The van der Waals surface area contributed by atoms with Crippen molar-refractivity contribution in [2.24, 2.45) is 0 Å². The highest BCUT2D eigenvalue weighted by Crippen LogP contribution is 2.21. The molecule has 0 radical (unpaired) electrons. The SMILES string of the molecule is ClCc1csc(Nc2ccccc2)n1.[Cl-]. The van der Waals surface area contributed by atoms with Crippen LogP contribution in [0.4, 0.5) is 10.8 Å². The van der Waals surface area contributed by atoms with E-state index in [-0.39, 0.29) is 12.4 Å². The number of aromatic nitrogens is 1. The van der Waals surface area contributed by atoms with Crippen LogP contribution in [0.3, 0.4) is 0 Å². The van der Waals surface area contributed by atoms with E-state index in [4.69, 9.17) is 11.6 Å². The summed E-state index contributed by atoms with van der Waals surface area (Å²) in [6.45, 7) is 0. The minimum atomic E-state index is 0. The Bertz CT molecular complexity index is 403. The number of thiazole rings is 1. The van der Waals surface area contributed by atoms with Gasteiger partial charge in [0.05, 0.1) is 11.6 Å². The number of rotatable bonds is 3. The first-order valence-corrected chi connectivity index (χ1v) is 5.62. The maximum Gasteiger partial charge on any atom is 0.187 e. The third kappa shape index (κ3) is 3.38. The molecule has 2 aromatic rings. The third-order valence-corrected chi connectivity index (χ3v) is 2.79. The van der Waals surface area contributed by atoms with E-state index in [0.717, 1.165) is 16.5 Å². The Morgan fingerprint density at radius 3 is 2.60 bits per heavy atom. The average molecular weight is 260 g/mol. The van der Waals surface area contributed by atoms with Gasteiger partial charge in [-0.3, -0.25) is 0 Å². The Morgan fingerprint density at radius 1 is 1.27 bits per heavy atom. The molecular weight excluding hydrogens is 251 g/mol. The molecule has 5 heteroatoms. The number of anilines is 2. The lowest BCUT2D eigenvalue weighted by atomic mass is 10.3. The van der Waals surface area contributed by atoms with Crippen molar-refractivity contribution in [3.63, 3.8) is 0 Å². The highest BCUT2D eigenvalue weighted by molar-refractivity contribution is 7.13. The molecule has 0 amide bonds. The summed E-state index contributed by atoms with van der Waals surface area (Å²) in [5.74, 6) is 0.465. The van der Waals surface area contributed by atoms with E-state index in [1.165, 1.54) is 0 Å². The number of hydrogen-bond donors (Lipinski definition) is 1. The molecule has 1 aromatic carbocycles. The molecule has 0 unspecified atom stereocenters. The number of para-hydroxylation sites is 1. The van der Waals surface area contributed by atoms with Crippen molar-refractivity contribution >= 4 is 33.8 Å². The minimum Gasteiger partial charge on any atom is -1.00 e. The molecule has 0 saturated heterocycles. The van der Waals surface area contributed by atoms with Gasteiger partial charge in [-0.2, -0.15) is 0 Å². The largest absolute Gasteiger partial charge is 1.00 e. The van der Waals surface area contributed by atoms with Crippen molar-refractivity contribution in [3.8, 4) is 0 Å². The summed E-state index contributed by atoms with van der Waals surface area (Å²) in [4.78, 5) is 4.30. The van der Waals surface area contributed by atoms with Crippen LogP contribution < -0.4 is 17.7 Å². The van der Waals surface area contributed by atoms with Crippen molar-refractivity contribution in [3.05, 3.63) is 41.4 Å². The van der Waals surface area contributed by atoms with E-state index >= 15 is 0 Å². The molecule has 15 heavy (non-hydrogen) atoms. The Kier molecular flexibility index (Phi) is 4.88. The molecule has 0 spiro atoms. The van der Waals surface area contributed by atoms with Gasteiger partial charge in [0.25, 0.3) is 0 Å². The second-order valence-corrected chi connectivity index (χ2v) is 3.89. The van der Waals surface area contributed by atoms with Gasteiger partial charge in [-0.1, -0.05) is 18.2 Å². The lowest BCUT2D eigenvalue weighted by Gasteiger charge is -2.00. The minimum absolute atomic E-state index is 0. The van der Waals surface area contributed by atoms with Crippen molar-refractivity contribution in [1.82, 2.24) is 4.98 Å². The number of hydrogen-bond acceptors (Lipinski definition) is 3. The van der Waals surface area contributed by atoms with Gasteiger partial charge in [0.15, 0.2) is 5.13 Å². The van der Waals surface area contributed by atoms with Gasteiger partial charge in [-0.05, 0) is 12.1 Å². The summed E-state index contributed by atoms with van der Waals surface area (Å²) >= 11 is 7.22. The first kappa shape index (κ1) is 12.3. The standard InChI is InChI=1S/C10H9ClN2S.ClH/c11-6-9-7-14-10(13-9)12-8-4-2-1-3-5-8;/h1-5,7H,6H2,(H,12,13);1H/p-1. The zero-order valence-electron chi connectivity index (χ0n) is 7.78. The van der Waals surface area contributed by atoms with Crippen LogP contribution >= 0.6 is 22.9 Å². The molecule has 2 nitrogen and oxygen atoms in total. The molecule has 1 heterocycles. The lowest BCUT2D eigenvalue weighted by Crippen LogP contribution is -3.00. The fourth-order valence-electron chi connectivity index (χ4n) is 1.07. The van der Waals surface area contributed by atoms with E-state index in [9.17, 15) is 0 Å². The van der Waals surface area contributed by atoms with Crippen molar-refractivity contribution < 1.29 is 12.4 Å². The maximum absolute atomic E-state index is 5.66. The van der Waals surface area contributed by atoms with Gasteiger partial charge in [0.2, 0.25) is 0 Å². The monoisotopic (exact) mass is 259 g/mol. The van der Waals surface area contributed by atoms with Gasteiger partial charge in [-0.15, -0.1) is 22.9 Å². The van der Waals surface area contributed by atoms with Crippen LogP contribution in [0.15, 0.2) is 35.7 Å². The van der Waals surface area contributed by atoms with Gasteiger partial charge in [0, 0.05) is 11.1 Å². The summed E-state index contributed by atoms with van der Waals surface area (Å²) in [6.07, 6.45) is 0. The van der Waals surface area contributed by atoms with Crippen LogP contribution in [-0.2, 0) is 5.88 Å².